The summed E-state index contributed by atoms with van der Waals surface area (Å²) in [6.45, 7) is 12.4. The van der Waals surface area contributed by atoms with Crippen molar-refractivity contribution in [2.45, 2.75) is 71.6 Å². The Morgan fingerprint density at radius 2 is 1.50 bits per heavy atom. The van der Waals surface area contributed by atoms with E-state index in [-0.39, 0.29) is 0 Å². The third kappa shape index (κ3) is 12.0. The number of rotatable bonds is 12. The molecule has 0 aromatic carbocycles. The molecule has 0 aromatic heterocycles. The molecule has 16 heavy (non-hydrogen) atoms. The first kappa shape index (κ1) is 16.0. The molecule has 0 amide bonds. The van der Waals surface area contributed by atoms with Crippen molar-refractivity contribution in [3.8, 4) is 0 Å². The SMILES string of the molecule is [CH]CCCCCCCCCNCC(C)CC. The molecule has 0 heterocycles. The topological polar surface area (TPSA) is 12.0 Å². The van der Waals surface area contributed by atoms with Crippen LogP contribution in [0.15, 0.2) is 0 Å². The number of hydrogen-bond donors (Lipinski definition) is 1. The summed E-state index contributed by atoms with van der Waals surface area (Å²) < 4.78 is 0. The molecule has 0 bridgehead atoms. The molecule has 0 aliphatic rings. The Labute approximate surface area is 103 Å². The fraction of sp³-hybridized carbons (Fsp3) is 0.933. The molecular weight excluding hydrogens is 194 g/mol. The van der Waals surface area contributed by atoms with Gasteiger partial charge in [-0.1, -0.05) is 58.8 Å². The molecule has 0 aliphatic carbocycles. The monoisotopic (exact) mass is 225 g/mol. The molecule has 0 saturated carbocycles. The Hall–Kier alpha value is -0.0400. The maximum absolute atomic E-state index is 5.45. The molecule has 0 rings (SSSR count). The second-order valence-electron chi connectivity index (χ2n) is 4.98. The van der Waals surface area contributed by atoms with Gasteiger partial charge >= 0.3 is 0 Å². The van der Waals surface area contributed by atoms with E-state index < -0.39 is 0 Å². The van der Waals surface area contributed by atoms with Crippen LogP contribution in [0.4, 0.5) is 0 Å². The minimum atomic E-state index is 0.830. The molecule has 2 radical (unpaired) electrons. The fourth-order valence-corrected chi connectivity index (χ4v) is 1.77. The molecule has 0 spiro atoms. The molecule has 0 fully saturated rings. The minimum absolute atomic E-state index is 0.830. The van der Waals surface area contributed by atoms with Crippen molar-refractivity contribution in [3.63, 3.8) is 0 Å². The van der Waals surface area contributed by atoms with Gasteiger partial charge in [0.2, 0.25) is 0 Å². The molecule has 1 heteroatoms. The standard InChI is InChI=1S/C15H31N/c1-4-6-7-8-9-10-11-12-13-16-14-15(3)5-2/h1,15-16H,4-14H2,2-3H3. The highest BCUT2D eigenvalue weighted by molar-refractivity contribution is 4.55. The van der Waals surface area contributed by atoms with Crippen molar-refractivity contribution >= 4 is 0 Å². The quantitative estimate of drug-likeness (QED) is 0.484. The van der Waals surface area contributed by atoms with Crippen LogP contribution >= 0.6 is 0 Å². The van der Waals surface area contributed by atoms with Gasteiger partial charge in [-0.2, -0.15) is 0 Å². The Morgan fingerprint density at radius 1 is 0.938 bits per heavy atom. The van der Waals surface area contributed by atoms with Gasteiger partial charge < -0.3 is 5.32 Å². The first-order chi connectivity index (χ1) is 7.81. The Morgan fingerprint density at radius 3 is 2.06 bits per heavy atom. The molecule has 1 atom stereocenters. The highest BCUT2D eigenvalue weighted by atomic mass is 14.8. The van der Waals surface area contributed by atoms with Gasteiger partial charge in [0.15, 0.2) is 0 Å². The summed E-state index contributed by atoms with van der Waals surface area (Å²) in [5, 5.41) is 3.53. The number of nitrogens with one attached hydrogen (secondary N) is 1. The lowest BCUT2D eigenvalue weighted by Gasteiger charge is -2.09. The van der Waals surface area contributed by atoms with E-state index in [9.17, 15) is 0 Å². The zero-order valence-corrected chi connectivity index (χ0v) is 11.4. The van der Waals surface area contributed by atoms with E-state index in [1.165, 1.54) is 64.5 Å². The lowest BCUT2D eigenvalue weighted by atomic mass is 10.1. The van der Waals surface area contributed by atoms with Crippen LogP contribution in [0.3, 0.4) is 0 Å². The highest BCUT2D eigenvalue weighted by Crippen LogP contribution is 2.07. The summed E-state index contributed by atoms with van der Waals surface area (Å²) in [6, 6.07) is 0. The van der Waals surface area contributed by atoms with Crippen LogP contribution in [0, 0.1) is 12.8 Å². The van der Waals surface area contributed by atoms with Crippen LogP contribution in [0.25, 0.3) is 0 Å². The van der Waals surface area contributed by atoms with Gasteiger partial charge in [-0.05, 0) is 38.8 Å². The highest BCUT2D eigenvalue weighted by Gasteiger charge is 1.96. The van der Waals surface area contributed by atoms with Gasteiger partial charge in [-0.15, -0.1) is 0 Å². The van der Waals surface area contributed by atoms with Crippen molar-refractivity contribution in [2.24, 2.45) is 5.92 Å². The third-order valence-electron chi connectivity index (χ3n) is 3.25. The molecule has 0 aromatic rings. The van der Waals surface area contributed by atoms with E-state index >= 15 is 0 Å². The van der Waals surface area contributed by atoms with Crippen LogP contribution < -0.4 is 5.32 Å². The normalized spacial score (nSPS) is 12.9. The Balaban J connectivity index is 2.93. The second-order valence-corrected chi connectivity index (χ2v) is 4.98. The second kappa shape index (κ2) is 13.0. The van der Waals surface area contributed by atoms with Crippen LogP contribution in [0.2, 0.25) is 0 Å². The summed E-state index contributed by atoms with van der Waals surface area (Å²) in [7, 11) is 0. The summed E-state index contributed by atoms with van der Waals surface area (Å²) in [5.41, 5.74) is 0. The lowest BCUT2D eigenvalue weighted by Crippen LogP contribution is -2.21. The fourth-order valence-electron chi connectivity index (χ4n) is 1.77. The van der Waals surface area contributed by atoms with E-state index in [0.717, 1.165) is 12.3 Å². The predicted molar refractivity (Wildman–Crippen MR) is 73.6 cm³/mol. The van der Waals surface area contributed by atoms with Gasteiger partial charge in [-0.3, -0.25) is 0 Å². The number of unbranched alkanes of at least 4 members (excludes halogenated alkanes) is 7. The van der Waals surface area contributed by atoms with Crippen LogP contribution in [-0.4, -0.2) is 13.1 Å². The molecule has 96 valence electrons. The first-order valence-corrected chi connectivity index (χ1v) is 7.22. The molecule has 1 N–H and O–H groups in total. The summed E-state index contributed by atoms with van der Waals surface area (Å²) in [6.07, 6.45) is 11.6. The van der Waals surface area contributed by atoms with Gasteiger partial charge in [-0.25, -0.2) is 0 Å². The van der Waals surface area contributed by atoms with Gasteiger partial charge in [0, 0.05) is 0 Å². The largest absolute Gasteiger partial charge is 0.316 e. The molecule has 0 saturated heterocycles. The van der Waals surface area contributed by atoms with E-state index in [1.807, 2.05) is 0 Å². The summed E-state index contributed by atoms with van der Waals surface area (Å²) in [4.78, 5) is 0. The molecular formula is C15H31N. The molecule has 1 unspecified atom stereocenters. The zero-order chi connectivity index (χ0) is 12.1. The van der Waals surface area contributed by atoms with Crippen molar-refractivity contribution in [3.05, 3.63) is 6.92 Å². The molecule has 1 nitrogen and oxygen atoms in total. The lowest BCUT2D eigenvalue weighted by molar-refractivity contribution is 0.485. The Bertz CT molecular complexity index is 123. The summed E-state index contributed by atoms with van der Waals surface area (Å²) >= 11 is 0. The van der Waals surface area contributed by atoms with Crippen molar-refractivity contribution in [1.29, 1.82) is 0 Å². The van der Waals surface area contributed by atoms with E-state index in [4.69, 9.17) is 6.92 Å². The van der Waals surface area contributed by atoms with Gasteiger partial charge in [0.05, 0.1) is 0 Å². The Kier molecular flexibility index (Phi) is 13.0. The van der Waals surface area contributed by atoms with E-state index in [2.05, 4.69) is 19.2 Å². The maximum Gasteiger partial charge on any atom is -0.00233 e. The average molecular weight is 225 g/mol. The van der Waals surface area contributed by atoms with Crippen LogP contribution in [-0.2, 0) is 0 Å². The van der Waals surface area contributed by atoms with Crippen LogP contribution in [0.5, 0.6) is 0 Å². The zero-order valence-electron chi connectivity index (χ0n) is 11.4. The van der Waals surface area contributed by atoms with E-state index in [1.54, 1.807) is 0 Å². The molecule has 0 aliphatic heterocycles. The van der Waals surface area contributed by atoms with Crippen molar-refractivity contribution < 1.29 is 0 Å². The number of hydrogen-bond acceptors (Lipinski definition) is 1. The van der Waals surface area contributed by atoms with Gasteiger partial charge in [0.1, 0.15) is 0 Å². The van der Waals surface area contributed by atoms with Crippen molar-refractivity contribution in [1.82, 2.24) is 5.32 Å². The van der Waals surface area contributed by atoms with Crippen molar-refractivity contribution in [2.75, 3.05) is 13.1 Å². The van der Waals surface area contributed by atoms with E-state index in [0.29, 0.717) is 0 Å². The maximum atomic E-state index is 5.45. The predicted octanol–water partition coefficient (Wildman–Crippen LogP) is 4.45. The van der Waals surface area contributed by atoms with Crippen LogP contribution in [0.1, 0.15) is 71.6 Å². The first-order valence-electron chi connectivity index (χ1n) is 7.22. The average Bonchev–Trinajstić information content (AvgIpc) is 2.31. The van der Waals surface area contributed by atoms with Gasteiger partial charge in [0.25, 0.3) is 0 Å². The summed E-state index contributed by atoms with van der Waals surface area (Å²) in [5.74, 6) is 0.830. The third-order valence-corrected chi connectivity index (χ3v) is 3.25. The minimum Gasteiger partial charge on any atom is -0.316 e. The smallest absolute Gasteiger partial charge is 0.00233 e.